The molecule has 0 spiro atoms. The fourth-order valence-corrected chi connectivity index (χ4v) is 3.62. The molecule has 23 heavy (non-hydrogen) atoms. The Kier molecular flexibility index (Phi) is 4.27. The van der Waals surface area contributed by atoms with Crippen LogP contribution in [0.5, 0.6) is 5.75 Å². The summed E-state index contributed by atoms with van der Waals surface area (Å²) in [6, 6.07) is 7.03. The summed E-state index contributed by atoms with van der Waals surface area (Å²) in [6.45, 7) is 0.197. The number of aliphatic hydroxyl groups excluding tert-OH is 1. The number of carbonyl (C=O) groups excluding carboxylic acids is 1. The van der Waals surface area contributed by atoms with Gasteiger partial charge in [0.15, 0.2) is 0 Å². The van der Waals surface area contributed by atoms with Crippen LogP contribution in [-0.2, 0) is 4.79 Å². The fraction of sp³-hybridized carbons (Fsp3) is 0.588. The predicted molar refractivity (Wildman–Crippen MR) is 80.4 cm³/mol. The fourth-order valence-electron chi connectivity index (χ4n) is 3.62. The lowest BCUT2D eigenvalue weighted by molar-refractivity contribution is -0.137. The summed E-state index contributed by atoms with van der Waals surface area (Å²) < 4.78 is 32.0. The lowest BCUT2D eigenvalue weighted by Gasteiger charge is -2.27. The molecule has 3 atom stereocenters. The van der Waals surface area contributed by atoms with Gasteiger partial charge in [0, 0.05) is 25.3 Å². The van der Waals surface area contributed by atoms with E-state index in [4.69, 9.17) is 4.74 Å². The van der Waals surface area contributed by atoms with E-state index in [0.717, 1.165) is 5.56 Å². The number of benzene rings is 1. The maximum Gasteiger partial charge on any atom is 0.248 e. The Morgan fingerprint density at radius 3 is 2.87 bits per heavy atom. The van der Waals surface area contributed by atoms with E-state index in [-0.39, 0.29) is 37.8 Å². The molecule has 0 bridgehead atoms. The molecule has 2 fully saturated rings. The van der Waals surface area contributed by atoms with Crippen molar-refractivity contribution in [3.63, 3.8) is 0 Å². The van der Waals surface area contributed by atoms with Gasteiger partial charge in [-0.15, -0.1) is 0 Å². The zero-order valence-electron chi connectivity index (χ0n) is 13.0. The molecule has 1 aromatic rings. The van der Waals surface area contributed by atoms with Gasteiger partial charge >= 0.3 is 0 Å². The number of aliphatic hydroxyl groups is 1. The first-order valence-electron chi connectivity index (χ1n) is 7.90. The molecule has 1 aromatic carbocycles. The first-order chi connectivity index (χ1) is 10.9. The van der Waals surface area contributed by atoms with E-state index in [1.165, 1.54) is 0 Å². The highest BCUT2D eigenvalue weighted by Gasteiger charge is 2.46. The van der Waals surface area contributed by atoms with Gasteiger partial charge in [-0.05, 0) is 30.5 Å². The van der Waals surface area contributed by atoms with Crippen LogP contribution < -0.4 is 4.74 Å². The molecule has 0 unspecified atom stereocenters. The zero-order chi connectivity index (χ0) is 16.6. The molecular weight excluding hydrogens is 304 g/mol. The van der Waals surface area contributed by atoms with E-state index >= 15 is 0 Å². The van der Waals surface area contributed by atoms with Crippen LogP contribution in [0.25, 0.3) is 0 Å². The van der Waals surface area contributed by atoms with Gasteiger partial charge in [0.1, 0.15) is 5.75 Å². The summed E-state index contributed by atoms with van der Waals surface area (Å²) in [7, 11) is 1.56. The van der Waals surface area contributed by atoms with E-state index in [9.17, 15) is 18.7 Å². The molecule has 6 heteroatoms. The SMILES string of the molecule is COc1cccc([C@@H]2C[C@@H](O)CN2C(=O)[C@H]2CCC(F)(F)C2)c1. The van der Waals surface area contributed by atoms with Crippen LogP contribution in [0, 0.1) is 5.92 Å². The second kappa shape index (κ2) is 6.07. The number of alkyl halides is 2. The van der Waals surface area contributed by atoms with Crippen molar-refractivity contribution in [2.24, 2.45) is 5.92 Å². The second-order valence-corrected chi connectivity index (χ2v) is 6.47. The summed E-state index contributed by atoms with van der Waals surface area (Å²) in [5.41, 5.74) is 0.860. The maximum atomic E-state index is 13.4. The Morgan fingerprint density at radius 1 is 1.43 bits per heavy atom. The number of β-amino-alcohol motifs (C(OH)–C–C–N with tert-alkyl or cyclic N) is 1. The third-order valence-electron chi connectivity index (χ3n) is 4.79. The average Bonchev–Trinajstić information content (AvgIpc) is 3.09. The topological polar surface area (TPSA) is 49.8 Å². The van der Waals surface area contributed by atoms with Crippen molar-refractivity contribution < 1.29 is 23.4 Å². The van der Waals surface area contributed by atoms with Crippen LogP contribution in [0.1, 0.15) is 37.3 Å². The number of rotatable bonds is 3. The van der Waals surface area contributed by atoms with Gasteiger partial charge in [0.25, 0.3) is 0 Å². The first kappa shape index (κ1) is 16.2. The minimum Gasteiger partial charge on any atom is -0.497 e. The van der Waals surface area contributed by atoms with Crippen molar-refractivity contribution in [3.05, 3.63) is 29.8 Å². The third kappa shape index (κ3) is 3.32. The molecule has 1 saturated carbocycles. The number of hydrogen-bond donors (Lipinski definition) is 1. The second-order valence-electron chi connectivity index (χ2n) is 6.47. The lowest BCUT2D eigenvalue weighted by Crippen LogP contribution is -2.36. The van der Waals surface area contributed by atoms with Gasteiger partial charge in [-0.25, -0.2) is 8.78 Å². The van der Waals surface area contributed by atoms with E-state index in [1.54, 1.807) is 18.1 Å². The van der Waals surface area contributed by atoms with Crippen LogP contribution in [0.3, 0.4) is 0 Å². The molecule has 4 nitrogen and oxygen atoms in total. The number of ether oxygens (including phenoxy) is 1. The number of halogens is 2. The summed E-state index contributed by atoms with van der Waals surface area (Å²) >= 11 is 0. The van der Waals surface area contributed by atoms with Crippen LogP contribution >= 0.6 is 0 Å². The van der Waals surface area contributed by atoms with Gasteiger partial charge in [0.05, 0.1) is 19.3 Å². The molecule has 1 amide bonds. The highest BCUT2D eigenvalue weighted by Crippen LogP contribution is 2.42. The number of amides is 1. The first-order valence-corrected chi connectivity index (χ1v) is 7.90. The van der Waals surface area contributed by atoms with Crippen LogP contribution in [0.2, 0.25) is 0 Å². The molecule has 0 radical (unpaired) electrons. The minimum absolute atomic E-state index is 0.197. The quantitative estimate of drug-likeness (QED) is 0.930. The molecule has 1 N–H and O–H groups in total. The van der Waals surface area contributed by atoms with Crippen molar-refractivity contribution in [1.82, 2.24) is 4.90 Å². The zero-order valence-corrected chi connectivity index (χ0v) is 13.0. The van der Waals surface area contributed by atoms with Crippen LogP contribution in [0.4, 0.5) is 8.78 Å². The highest BCUT2D eigenvalue weighted by atomic mass is 19.3. The molecule has 1 aliphatic carbocycles. The average molecular weight is 325 g/mol. The molecule has 1 saturated heterocycles. The molecule has 1 aliphatic heterocycles. The van der Waals surface area contributed by atoms with E-state index in [1.807, 2.05) is 18.2 Å². The Labute approximate surface area is 134 Å². The maximum absolute atomic E-state index is 13.4. The number of likely N-dealkylation sites (tertiary alicyclic amines) is 1. The van der Waals surface area contributed by atoms with E-state index in [0.29, 0.717) is 12.2 Å². The minimum atomic E-state index is -2.75. The summed E-state index contributed by atoms with van der Waals surface area (Å²) in [5, 5.41) is 9.98. The van der Waals surface area contributed by atoms with Crippen molar-refractivity contribution in [2.75, 3.05) is 13.7 Å². The van der Waals surface area contributed by atoms with Crippen LogP contribution in [0.15, 0.2) is 24.3 Å². The number of nitrogens with zero attached hydrogens (tertiary/aromatic N) is 1. The van der Waals surface area contributed by atoms with Crippen molar-refractivity contribution in [2.45, 2.75) is 43.8 Å². The Bertz CT molecular complexity index is 593. The molecular formula is C17H21F2NO3. The normalized spacial score (nSPS) is 29.7. The number of carbonyl (C=O) groups is 1. The summed E-state index contributed by atoms with van der Waals surface area (Å²) in [6.07, 6.45) is -0.616. The third-order valence-corrected chi connectivity index (χ3v) is 4.79. The van der Waals surface area contributed by atoms with E-state index < -0.39 is 17.9 Å². The van der Waals surface area contributed by atoms with Crippen molar-refractivity contribution in [1.29, 1.82) is 0 Å². The van der Waals surface area contributed by atoms with Crippen LogP contribution in [-0.4, -0.2) is 41.6 Å². The van der Waals surface area contributed by atoms with Crippen molar-refractivity contribution in [3.8, 4) is 5.75 Å². The molecule has 126 valence electrons. The Hall–Kier alpha value is -1.69. The molecule has 3 rings (SSSR count). The summed E-state index contributed by atoms with van der Waals surface area (Å²) in [5.74, 6) is -3.00. The molecule has 2 aliphatic rings. The van der Waals surface area contributed by atoms with Gasteiger partial charge in [-0.3, -0.25) is 4.79 Å². The monoisotopic (exact) mass is 325 g/mol. The lowest BCUT2D eigenvalue weighted by atomic mass is 10.0. The largest absolute Gasteiger partial charge is 0.497 e. The number of methoxy groups -OCH3 is 1. The highest BCUT2D eigenvalue weighted by molar-refractivity contribution is 5.80. The predicted octanol–water partition coefficient (Wildman–Crippen LogP) is 2.76. The van der Waals surface area contributed by atoms with Gasteiger partial charge in [-0.2, -0.15) is 0 Å². The molecule has 0 aromatic heterocycles. The molecule has 1 heterocycles. The Balaban J connectivity index is 1.81. The summed E-state index contributed by atoms with van der Waals surface area (Å²) in [4.78, 5) is 14.2. The van der Waals surface area contributed by atoms with Gasteiger partial charge < -0.3 is 14.7 Å². The Morgan fingerprint density at radius 2 is 2.22 bits per heavy atom. The van der Waals surface area contributed by atoms with Gasteiger partial charge in [-0.1, -0.05) is 12.1 Å². The van der Waals surface area contributed by atoms with Gasteiger partial charge in [0.2, 0.25) is 11.8 Å². The van der Waals surface area contributed by atoms with E-state index in [2.05, 4.69) is 0 Å². The standard InChI is InChI=1S/C17H21F2NO3/c1-23-14-4-2-3-11(7-14)15-8-13(21)10-20(15)16(22)12-5-6-17(18,19)9-12/h2-4,7,12-13,15,21H,5-6,8-10H2,1H3/t12-,13+,15-/m0/s1. The number of hydrogen-bond acceptors (Lipinski definition) is 3. The van der Waals surface area contributed by atoms with Crippen molar-refractivity contribution >= 4 is 5.91 Å². The smallest absolute Gasteiger partial charge is 0.248 e.